The molecule has 0 aliphatic rings. The van der Waals surface area contributed by atoms with E-state index in [2.05, 4.69) is 4.98 Å². The van der Waals surface area contributed by atoms with Gasteiger partial charge in [0.25, 0.3) is 5.56 Å². The number of thiophene rings is 1. The second-order valence-corrected chi connectivity index (χ2v) is 4.21. The van der Waals surface area contributed by atoms with Crippen molar-refractivity contribution < 1.29 is 9.90 Å². The predicted octanol–water partition coefficient (Wildman–Crippen LogP) is -0.0846. The summed E-state index contributed by atoms with van der Waals surface area (Å²) in [7, 11) is 1.35. The molecule has 0 spiro atoms. The van der Waals surface area contributed by atoms with E-state index in [4.69, 9.17) is 5.11 Å². The van der Waals surface area contributed by atoms with Gasteiger partial charge in [-0.15, -0.1) is 11.3 Å². The number of carboxylic acids is 1. The first-order chi connectivity index (χ1) is 7.50. The molecule has 0 saturated carbocycles. The third-order valence-corrected chi connectivity index (χ3v) is 3.20. The topological polar surface area (TPSA) is 92.2 Å². The van der Waals surface area contributed by atoms with Gasteiger partial charge in [-0.1, -0.05) is 0 Å². The van der Waals surface area contributed by atoms with Crippen molar-refractivity contribution >= 4 is 27.5 Å². The van der Waals surface area contributed by atoms with E-state index < -0.39 is 17.2 Å². The third-order valence-electron chi connectivity index (χ3n) is 2.25. The summed E-state index contributed by atoms with van der Waals surface area (Å²) in [6, 6.07) is 0. The Morgan fingerprint density at radius 3 is 2.88 bits per heavy atom. The van der Waals surface area contributed by atoms with E-state index in [0.717, 1.165) is 15.9 Å². The van der Waals surface area contributed by atoms with E-state index in [9.17, 15) is 14.4 Å². The molecule has 0 fully saturated rings. The molecular formula is C9H8N2O4S. The van der Waals surface area contributed by atoms with Crippen LogP contribution in [0.3, 0.4) is 0 Å². The number of aromatic nitrogens is 2. The zero-order chi connectivity index (χ0) is 11.9. The van der Waals surface area contributed by atoms with Crippen molar-refractivity contribution in [2.45, 2.75) is 6.42 Å². The molecule has 16 heavy (non-hydrogen) atoms. The Kier molecular flexibility index (Phi) is 2.39. The standard InChI is InChI=1S/C9H8N2O4S/c1-11-8(14)6-4(2-5(12)13)3-16-7(6)10-9(11)15/h3H,2H2,1H3,(H,10,15)(H,12,13). The van der Waals surface area contributed by atoms with Crippen LogP contribution < -0.4 is 11.2 Å². The van der Waals surface area contributed by atoms with Crippen molar-refractivity contribution in [2.24, 2.45) is 7.05 Å². The van der Waals surface area contributed by atoms with Crippen molar-refractivity contribution in [3.8, 4) is 0 Å². The number of aromatic amines is 1. The van der Waals surface area contributed by atoms with Crippen LogP contribution in [-0.2, 0) is 18.3 Å². The van der Waals surface area contributed by atoms with Gasteiger partial charge in [-0.05, 0) is 10.9 Å². The lowest BCUT2D eigenvalue weighted by Gasteiger charge is -1.97. The third kappa shape index (κ3) is 1.54. The molecule has 0 aliphatic carbocycles. The van der Waals surface area contributed by atoms with Crippen LogP contribution in [0.15, 0.2) is 15.0 Å². The van der Waals surface area contributed by atoms with Gasteiger partial charge in [0.1, 0.15) is 4.83 Å². The number of hydrogen-bond acceptors (Lipinski definition) is 4. The summed E-state index contributed by atoms with van der Waals surface area (Å²) in [5.74, 6) is -1.01. The number of hydrogen-bond donors (Lipinski definition) is 2. The first-order valence-corrected chi connectivity index (χ1v) is 5.30. The highest BCUT2D eigenvalue weighted by atomic mass is 32.1. The van der Waals surface area contributed by atoms with Crippen LogP contribution in [0.5, 0.6) is 0 Å². The SMILES string of the molecule is Cn1c(=O)[nH]c2scc(CC(=O)O)c2c1=O. The van der Waals surface area contributed by atoms with Gasteiger partial charge in [0.2, 0.25) is 0 Å². The molecule has 0 bridgehead atoms. The Bertz CT molecular complexity index is 679. The van der Waals surface area contributed by atoms with Gasteiger partial charge in [0, 0.05) is 7.05 Å². The van der Waals surface area contributed by atoms with Crippen LogP contribution in [-0.4, -0.2) is 20.6 Å². The largest absolute Gasteiger partial charge is 0.481 e. The van der Waals surface area contributed by atoms with Crippen molar-refractivity contribution in [2.75, 3.05) is 0 Å². The molecule has 2 aromatic heterocycles. The fraction of sp³-hybridized carbons (Fsp3) is 0.222. The summed E-state index contributed by atoms with van der Waals surface area (Å²) in [5.41, 5.74) is -0.526. The maximum absolute atomic E-state index is 11.8. The Morgan fingerprint density at radius 2 is 2.25 bits per heavy atom. The molecule has 0 aliphatic heterocycles. The number of rotatable bonds is 2. The molecule has 6 nitrogen and oxygen atoms in total. The molecule has 2 rings (SSSR count). The second-order valence-electron chi connectivity index (χ2n) is 3.33. The van der Waals surface area contributed by atoms with Crippen molar-refractivity contribution in [1.29, 1.82) is 0 Å². The molecule has 2 N–H and O–H groups in total. The quantitative estimate of drug-likeness (QED) is 0.767. The van der Waals surface area contributed by atoms with Gasteiger partial charge >= 0.3 is 11.7 Å². The number of fused-ring (bicyclic) bond motifs is 1. The zero-order valence-electron chi connectivity index (χ0n) is 8.31. The van der Waals surface area contributed by atoms with Crippen LogP contribution in [0.25, 0.3) is 10.2 Å². The van der Waals surface area contributed by atoms with Crippen LogP contribution in [0.1, 0.15) is 5.56 Å². The maximum Gasteiger partial charge on any atom is 0.329 e. The maximum atomic E-state index is 11.8. The molecule has 2 aromatic rings. The van der Waals surface area contributed by atoms with Gasteiger partial charge in [0.05, 0.1) is 11.8 Å². The fourth-order valence-electron chi connectivity index (χ4n) is 1.45. The minimum absolute atomic E-state index is 0.221. The van der Waals surface area contributed by atoms with Crippen LogP contribution in [0, 0.1) is 0 Å². The number of aliphatic carboxylic acids is 1. The van der Waals surface area contributed by atoms with E-state index in [1.165, 1.54) is 7.05 Å². The van der Waals surface area contributed by atoms with E-state index in [-0.39, 0.29) is 11.8 Å². The molecular weight excluding hydrogens is 232 g/mol. The number of carbonyl (C=O) groups is 1. The van der Waals surface area contributed by atoms with E-state index >= 15 is 0 Å². The van der Waals surface area contributed by atoms with Gasteiger partial charge in [-0.25, -0.2) is 4.79 Å². The summed E-state index contributed by atoms with van der Waals surface area (Å²) in [4.78, 5) is 36.6. The molecule has 0 amide bonds. The van der Waals surface area contributed by atoms with Crippen molar-refractivity contribution in [1.82, 2.24) is 9.55 Å². The first-order valence-electron chi connectivity index (χ1n) is 4.42. The highest BCUT2D eigenvalue weighted by molar-refractivity contribution is 7.16. The molecule has 0 unspecified atom stereocenters. The molecule has 7 heteroatoms. The summed E-state index contributed by atoms with van der Waals surface area (Å²) < 4.78 is 0.931. The smallest absolute Gasteiger partial charge is 0.329 e. The minimum atomic E-state index is -1.01. The van der Waals surface area contributed by atoms with E-state index in [1.807, 2.05) is 0 Å². The molecule has 0 saturated heterocycles. The van der Waals surface area contributed by atoms with Crippen molar-refractivity contribution in [3.05, 3.63) is 31.8 Å². The first kappa shape index (κ1) is 10.6. The van der Waals surface area contributed by atoms with Gasteiger partial charge in [0.15, 0.2) is 0 Å². The van der Waals surface area contributed by atoms with Gasteiger partial charge in [-0.2, -0.15) is 0 Å². The van der Waals surface area contributed by atoms with Crippen LogP contribution >= 0.6 is 11.3 Å². The zero-order valence-corrected chi connectivity index (χ0v) is 9.13. The number of carboxylic acid groups (broad SMARTS) is 1. The lowest BCUT2D eigenvalue weighted by molar-refractivity contribution is -0.136. The number of nitrogens with zero attached hydrogens (tertiary/aromatic N) is 1. The summed E-state index contributed by atoms with van der Waals surface area (Å²) in [6.45, 7) is 0. The minimum Gasteiger partial charge on any atom is -0.481 e. The Labute approximate surface area is 92.8 Å². The number of H-pyrrole nitrogens is 1. The molecule has 0 radical (unpaired) electrons. The Balaban J connectivity index is 2.81. The second kappa shape index (κ2) is 3.60. The van der Waals surface area contributed by atoms with Gasteiger partial charge < -0.3 is 5.11 Å². The Hall–Kier alpha value is -1.89. The highest BCUT2D eigenvalue weighted by Crippen LogP contribution is 2.20. The molecule has 84 valence electrons. The molecule has 0 aromatic carbocycles. The summed E-state index contributed by atoms with van der Waals surface area (Å²) >= 11 is 1.16. The lowest BCUT2D eigenvalue weighted by Crippen LogP contribution is -2.32. The molecule has 0 atom stereocenters. The predicted molar refractivity (Wildman–Crippen MR) is 59.0 cm³/mol. The molecule has 2 heterocycles. The van der Waals surface area contributed by atoms with E-state index in [0.29, 0.717) is 10.4 Å². The van der Waals surface area contributed by atoms with E-state index in [1.54, 1.807) is 5.38 Å². The van der Waals surface area contributed by atoms with Crippen LogP contribution in [0.4, 0.5) is 0 Å². The van der Waals surface area contributed by atoms with Crippen molar-refractivity contribution in [3.63, 3.8) is 0 Å². The summed E-state index contributed by atoms with van der Waals surface area (Å²) in [5, 5.41) is 10.5. The highest BCUT2D eigenvalue weighted by Gasteiger charge is 2.13. The summed E-state index contributed by atoms with van der Waals surface area (Å²) in [6.07, 6.45) is -0.221. The average Bonchev–Trinajstić information content (AvgIpc) is 2.57. The van der Waals surface area contributed by atoms with Crippen LogP contribution in [0.2, 0.25) is 0 Å². The lowest BCUT2D eigenvalue weighted by atomic mass is 10.2. The Morgan fingerprint density at radius 1 is 1.56 bits per heavy atom. The number of nitrogens with one attached hydrogen (secondary N) is 1. The average molecular weight is 240 g/mol. The fourth-order valence-corrected chi connectivity index (χ4v) is 2.40. The van der Waals surface area contributed by atoms with Gasteiger partial charge in [-0.3, -0.25) is 19.1 Å². The monoisotopic (exact) mass is 240 g/mol. The normalized spacial score (nSPS) is 10.8.